The Balaban J connectivity index is 2.68. The minimum atomic E-state index is -3.66. The van der Waals surface area contributed by atoms with Crippen LogP contribution in [0.3, 0.4) is 0 Å². The van der Waals surface area contributed by atoms with Gasteiger partial charge in [-0.2, -0.15) is 5.26 Å². The van der Waals surface area contributed by atoms with Gasteiger partial charge < -0.3 is 5.11 Å². The van der Waals surface area contributed by atoms with Crippen LogP contribution in [0.15, 0.2) is 29.2 Å². The van der Waals surface area contributed by atoms with Crippen LogP contribution in [0.1, 0.15) is 32.8 Å². The van der Waals surface area contributed by atoms with Gasteiger partial charge in [-0.25, -0.2) is 13.1 Å². The summed E-state index contributed by atoms with van der Waals surface area (Å²) in [4.78, 5) is 0.0828. The van der Waals surface area contributed by atoms with E-state index in [0.29, 0.717) is 12.0 Å². The molecule has 1 unspecified atom stereocenters. The van der Waals surface area contributed by atoms with E-state index in [2.05, 4.69) is 4.72 Å². The number of hydrogen-bond donors (Lipinski definition) is 2. The van der Waals surface area contributed by atoms with Gasteiger partial charge in [-0.1, -0.05) is 20.8 Å². The number of aliphatic hydroxyl groups excluding tert-OH is 1. The first-order valence-electron chi connectivity index (χ1n) is 6.32. The lowest BCUT2D eigenvalue weighted by Gasteiger charge is -2.22. The second-order valence-electron chi connectivity index (χ2n) is 5.91. The van der Waals surface area contributed by atoms with E-state index in [4.69, 9.17) is 5.26 Å². The van der Waals surface area contributed by atoms with Gasteiger partial charge in [0.05, 0.1) is 22.6 Å². The van der Waals surface area contributed by atoms with E-state index < -0.39 is 16.1 Å². The first-order chi connectivity index (χ1) is 9.14. The van der Waals surface area contributed by atoms with Gasteiger partial charge in [-0.3, -0.25) is 0 Å². The maximum atomic E-state index is 12.0. The highest BCUT2D eigenvalue weighted by Gasteiger charge is 2.20. The van der Waals surface area contributed by atoms with E-state index in [1.807, 2.05) is 26.8 Å². The van der Waals surface area contributed by atoms with Crippen LogP contribution in [0.25, 0.3) is 0 Å². The van der Waals surface area contributed by atoms with Gasteiger partial charge in [-0.05, 0) is 36.1 Å². The summed E-state index contributed by atoms with van der Waals surface area (Å²) in [5.74, 6) is 0. The van der Waals surface area contributed by atoms with Crippen molar-refractivity contribution in [1.82, 2.24) is 4.72 Å². The van der Waals surface area contributed by atoms with Gasteiger partial charge in [0.2, 0.25) is 10.0 Å². The summed E-state index contributed by atoms with van der Waals surface area (Å²) in [7, 11) is -3.66. The molecule has 0 spiro atoms. The van der Waals surface area contributed by atoms with Crippen LogP contribution in [-0.2, 0) is 10.0 Å². The average molecular weight is 296 g/mol. The predicted octanol–water partition coefficient (Wildman–Crippen LogP) is 1.63. The summed E-state index contributed by atoms with van der Waals surface area (Å²) in [6, 6.07) is 7.56. The zero-order chi connectivity index (χ0) is 15.4. The summed E-state index contributed by atoms with van der Waals surface area (Å²) < 4.78 is 26.4. The third-order valence-corrected chi connectivity index (χ3v) is 4.09. The Bertz CT molecular complexity index is 580. The molecule has 0 saturated carbocycles. The fraction of sp³-hybridized carbons (Fsp3) is 0.500. The normalized spacial score (nSPS) is 13.8. The summed E-state index contributed by atoms with van der Waals surface area (Å²) in [6.45, 7) is 5.90. The number of nitrogens with one attached hydrogen (secondary N) is 1. The van der Waals surface area contributed by atoms with E-state index >= 15 is 0 Å². The van der Waals surface area contributed by atoms with Crippen molar-refractivity contribution in [2.75, 3.05) is 6.54 Å². The van der Waals surface area contributed by atoms with Gasteiger partial charge in [0.25, 0.3) is 0 Å². The highest BCUT2D eigenvalue weighted by molar-refractivity contribution is 7.89. The van der Waals surface area contributed by atoms with E-state index in [1.54, 1.807) is 0 Å². The molecular formula is C14H20N2O3S. The van der Waals surface area contributed by atoms with E-state index in [1.165, 1.54) is 24.3 Å². The molecule has 110 valence electrons. The molecule has 1 rings (SSSR count). The van der Waals surface area contributed by atoms with Crippen LogP contribution in [0, 0.1) is 16.7 Å². The Kier molecular flexibility index (Phi) is 5.28. The lowest BCUT2D eigenvalue weighted by atomic mass is 9.89. The molecule has 0 bridgehead atoms. The number of hydrogen-bond acceptors (Lipinski definition) is 4. The van der Waals surface area contributed by atoms with Crippen LogP contribution in [0.4, 0.5) is 0 Å². The molecule has 1 aromatic carbocycles. The molecule has 0 aliphatic rings. The van der Waals surface area contributed by atoms with Gasteiger partial charge >= 0.3 is 0 Å². The number of rotatable bonds is 5. The molecular weight excluding hydrogens is 276 g/mol. The number of nitriles is 1. The smallest absolute Gasteiger partial charge is 0.240 e. The Labute approximate surface area is 120 Å². The van der Waals surface area contributed by atoms with Crippen molar-refractivity contribution in [3.05, 3.63) is 29.8 Å². The number of benzene rings is 1. The highest BCUT2D eigenvalue weighted by Crippen LogP contribution is 2.20. The standard InChI is InChI=1S/C14H20N2O3S/c1-14(2,3)8-12(17)10-16-20(18,19)13-6-4-11(9-15)5-7-13/h4-7,12,16-17H,8,10H2,1-3H3. The first kappa shape index (κ1) is 16.6. The molecule has 2 N–H and O–H groups in total. The molecule has 0 saturated heterocycles. The largest absolute Gasteiger partial charge is 0.392 e. The zero-order valence-electron chi connectivity index (χ0n) is 11.9. The summed E-state index contributed by atoms with van der Waals surface area (Å²) in [5.41, 5.74) is 0.330. The molecule has 0 amide bonds. The minimum Gasteiger partial charge on any atom is -0.392 e. The van der Waals surface area contributed by atoms with Crippen molar-refractivity contribution >= 4 is 10.0 Å². The molecule has 6 heteroatoms. The van der Waals surface area contributed by atoms with Crippen LogP contribution >= 0.6 is 0 Å². The van der Waals surface area contributed by atoms with Gasteiger partial charge in [-0.15, -0.1) is 0 Å². The average Bonchev–Trinajstić information content (AvgIpc) is 2.35. The Hall–Kier alpha value is -1.42. The quantitative estimate of drug-likeness (QED) is 0.864. The van der Waals surface area contributed by atoms with Crippen LogP contribution in [0.2, 0.25) is 0 Å². The van der Waals surface area contributed by atoms with Crippen LogP contribution in [-0.4, -0.2) is 26.2 Å². The molecule has 0 aliphatic heterocycles. The number of nitrogens with zero attached hydrogens (tertiary/aromatic N) is 1. The van der Waals surface area contributed by atoms with E-state index in [9.17, 15) is 13.5 Å². The van der Waals surface area contributed by atoms with Crippen LogP contribution < -0.4 is 4.72 Å². The predicted molar refractivity (Wildman–Crippen MR) is 76.4 cm³/mol. The third kappa shape index (κ3) is 5.29. The lowest BCUT2D eigenvalue weighted by Crippen LogP contribution is -2.34. The number of aliphatic hydroxyl groups is 1. The highest BCUT2D eigenvalue weighted by atomic mass is 32.2. The van der Waals surface area contributed by atoms with Gasteiger partial charge in [0.1, 0.15) is 0 Å². The molecule has 0 fully saturated rings. The number of sulfonamides is 1. The van der Waals surface area contributed by atoms with Crippen molar-refractivity contribution in [3.63, 3.8) is 0 Å². The second-order valence-corrected chi connectivity index (χ2v) is 7.67. The molecule has 0 radical (unpaired) electrons. The van der Waals surface area contributed by atoms with Crippen molar-refractivity contribution in [3.8, 4) is 6.07 Å². The topological polar surface area (TPSA) is 90.2 Å². The SMILES string of the molecule is CC(C)(C)CC(O)CNS(=O)(=O)c1ccc(C#N)cc1. The molecule has 1 atom stereocenters. The lowest BCUT2D eigenvalue weighted by molar-refractivity contribution is 0.125. The Morgan fingerprint density at radius 3 is 2.30 bits per heavy atom. The van der Waals surface area contributed by atoms with Gasteiger partial charge in [0, 0.05) is 6.54 Å². The fourth-order valence-electron chi connectivity index (χ4n) is 1.78. The summed E-state index contributed by atoms with van der Waals surface area (Å²) in [5, 5.41) is 18.5. The second kappa shape index (κ2) is 6.35. The summed E-state index contributed by atoms with van der Waals surface area (Å²) in [6.07, 6.45) is -0.230. The molecule has 0 aromatic heterocycles. The van der Waals surface area contributed by atoms with E-state index in [0.717, 1.165) is 0 Å². The monoisotopic (exact) mass is 296 g/mol. The zero-order valence-corrected chi connectivity index (χ0v) is 12.7. The molecule has 5 nitrogen and oxygen atoms in total. The molecule has 1 aromatic rings. The maximum absolute atomic E-state index is 12.0. The molecule has 20 heavy (non-hydrogen) atoms. The minimum absolute atomic E-state index is 0.0282. The van der Waals surface area contributed by atoms with Crippen LogP contribution in [0.5, 0.6) is 0 Å². The fourth-order valence-corrected chi connectivity index (χ4v) is 2.85. The van der Waals surface area contributed by atoms with Crippen molar-refractivity contribution < 1.29 is 13.5 Å². The maximum Gasteiger partial charge on any atom is 0.240 e. The summed E-state index contributed by atoms with van der Waals surface area (Å²) >= 11 is 0. The van der Waals surface area contributed by atoms with Gasteiger partial charge in [0.15, 0.2) is 0 Å². The van der Waals surface area contributed by atoms with Crippen molar-refractivity contribution in [2.45, 2.75) is 38.2 Å². The van der Waals surface area contributed by atoms with E-state index in [-0.39, 0.29) is 16.9 Å². The third-order valence-electron chi connectivity index (χ3n) is 2.65. The molecule has 0 aliphatic carbocycles. The van der Waals surface area contributed by atoms with Crippen molar-refractivity contribution in [2.24, 2.45) is 5.41 Å². The molecule has 0 heterocycles. The first-order valence-corrected chi connectivity index (χ1v) is 7.80. The Morgan fingerprint density at radius 2 is 1.85 bits per heavy atom. The van der Waals surface area contributed by atoms with Crippen molar-refractivity contribution in [1.29, 1.82) is 5.26 Å². The Morgan fingerprint density at radius 1 is 1.30 bits per heavy atom.